The van der Waals surface area contributed by atoms with Gasteiger partial charge in [0.25, 0.3) is 0 Å². The normalized spacial score (nSPS) is 25.0. The van der Waals surface area contributed by atoms with Gasteiger partial charge in [-0.2, -0.15) is 0 Å². The topological polar surface area (TPSA) is 147 Å². The van der Waals surface area contributed by atoms with Crippen molar-refractivity contribution in [1.29, 1.82) is 0 Å². The van der Waals surface area contributed by atoms with Gasteiger partial charge in [-0.25, -0.2) is 22.6 Å². The fraction of sp³-hybridized carbons (Fsp3) is 0.348. The second kappa shape index (κ2) is 10.7. The molecule has 0 bridgehead atoms. The van der Waals surface area contributed by atoms with Crippen LogP contribution in [-0.4, -0.2) is 78.5 Å². The zero-order valence-corrected chi connectivity index (χ0v) is 18.5. The van der Waals surface area contributed by atoms with Crippen molar-refractivity contribution in [3.8, 4) is 11.3 Å². The number of hydrogen-bond donors (Lipinski definition) is 4. The summed E-state index contributed by atoms with van der Waals surface area (Å²) in [6.45, 7) is -0.863. The van der Waals surface area contributed by atoms with Crippen molar-refractivity contribution in [3.63, 3.8) is 0 Å². The van der Waals surface area contributed by atoms with Crippen LogP contribution in [0.5, 0.6) is 0 Å². The average Bonchev–Trinajstić information content (AvgIpc) is 3.34. The molecule has 4 N–H and O–H groups in total. The van der Waals surface area contributed by atoms with E-state index in [1.165, 1.54) is 0 Å². The Morgan fingerprint density at radius 1 is 1.11 bits per heavy atom. The molecule has 13 heteroatoms. The number of nitrogens with zero attached hydrogens (tertiary/aromatic N) is 3. The number of hydrogen-bond acceptors (Lipinski definition) is 8. The van der Waals surface area contributed by atoms with E-state index in [0.717, 1.165) is 10.9 Å². The number of aliphatic carboxylic acids is 1. The van der Waals surface area contributed by atoms with Gasteiger partial charge in [-0.05, 0) is 17.7 Å². The molecule has 0 radical (unpaired) electrons. The number of aromatic nitrogens is 3. The predicted molar refractivity (Wildman–Crippen MR) is 115 cm³/mol. The highest BCUT2D eigenvalue weighted by Crippen LogP contribution is 2.33. The van der Waals surface area contributed by atoms with Crippen LogP contribution in [0, 0.1) is 17.5 Å². The number of aliphatic hydroxyl groups excluding tert-OH is 3. The second-order valence-corrected chi connectivity index (χ2v) is 8.19. The first-order chi connectivity index (χ1) is 17.2. The van der Waals surface area contributed by atoms with Crippen molar-refractivity contribution in [1.82, 2.24) is 15.0 Å². The van der Waals surface area contributed by atoms with E-state index in [0.29, 0.717) is 17.7 Å². The minimum absolute atomic E-state index is 0.120. The van der Waals surface area contributed by atoms with E-state index in [4.69, 9.17) is 9.47 Å². The molecule has 1 saturated heterocycles. The van der Waals surface area contributed by atoms with E-state index < -0.39 is 66.6 Å². The van der Waals surface area contributed by atoms with E-state index in [9.17, 15) is 38.4 Å². The van der Waals surface area contributed by atoms with Crippen molar-refractivity contribution < 1.29 is 47.9 Å². The van der Waals surface area contributed by atoms with E-state index in [1.54, 1.807) is 30.3 Å². The second-order valence-electron chi connectivity index (χ2n) is 8.19. The third kappa shape index (κ3) is 5.10. The highest BCUT2D eigenvalue weighted by molar-refractivity contribution is 5.73. The maximum absolute atomic E-state index is 13.7. The highest BCUT2D eigenvalue weighted by atomic mass is 19.2. The Labute approximate surface area is 202 Å². The lowest BCUT2D eigenvalue weighted by atomic mass is 9.90. The molecule has 2 aromatic carbocycles. The molecule has 10 nitrogen and oxygen atoms in total. The summed E-state index contributed by atoms with van der Waals surface area (Å²) in [6, 6.07) is 8.65. The van der Waals surface area contributed by atoms with Gasteiger partial charge in [-0.1, -0.05) is 35.5 Å². The average molecular weight is 509 g/mol. The minimum Gasteiger partial charge on any atom is -0.479 e. The molecule has 1 aromatic heterocycles. The lowest BCUT2D eigenvalue weighted by Crippen LogP contribution is -2.60. The van der Waals surface area contributed by atoms with Crippen LogP contribution in [0.15, 0.2) is 48.7 Å². The molecule has 4 rings (SSSR count). The van der Waals surface area contributed by atoms with Crippen LogP contribution in [0.1, 0.15) is 11.6 Å². The summed E-state index contributed by atoms with van der Waals surface area (Å²) in [4.78, 5) is 12.0. The first kappa shape index (κ1) is 25.7. The predicted octanol–water partition coefficient (Wildman–Crippen LogP) is 1.05. The molecule has 0 spiro atoms. The molecule has 192 valence electrons. The van der Waals surface area contributed by atoms with Gasteiger partial charge in [0, 0.05) is 5.56 Å². The number of carbonyl (C=O) groups is 1. The number of aliphatic hydroxyl groups is 3. The number of carboxylic acids is 1. The van der Waals surface area contributed by atoms with Crippen LogP contribution < -0.4 is 0 Å². The fourth-order valence-corrected chi connectivity index (χ4v) is 4.02. The van der Waals surface area contributed by atoms with Crippen LogP contribution in [0.4, 0.5) is 13.2 Å². The molecule has 1 aliphatic heterocycles. The summed E-state index contributed by atoms with van der Waals surface area (Å²) in [5.74, 6) is -6.03. The van der Waals surface area contributed by atoms with Crippen LogP contribution in [-0.2, 0) is 20.9 Å². The molecule has 1 fully saturated rings. The summed E-state index contributed by atoms with van der Waals surface area (Å²) in [5.41, 5.74) is 0.369. The van der Waals surface area contributed by atoms with Crippen molar-refractivity contribution >= 4 is 5.97 Å². The Hall–Kier alpha value is -3.36. The first-order valence-corrected chi connectivity index (χ1v) is 10.8. The summed E-state index contributed by atoms with van der Waals surface area (Å²) in [7, 11) is 0. The van der Waals surface area contributed by atoms with Gasteiger partial charge < -0.3 is 29.9 Å². The molecule has 1 aliphatic rings. The molecular weight excluding hydrogens is 487 g/mol. The summed E-state index contributed by atoms with van der Waals surface area (Å²) in [5, 5.41) is 48.7. The molecule has 2 heterocycles. The van der Waals surface area contributed by atoms with E-state index >= 15 is 0 Å². The maximum Gasteiger partial charge on any atom is 0.335 e. The molecule has 0 aliphatic carbocycles. The Bertz CT molecular complexity index is 1190. The molecule has 0 saturated carbocycles. The Kier molecular flexibility index (Phi) is 7.66. The monoisotopic (exact) mass is 509 g/mol. The summed E-state index contributed by atoms with van der Waals surface area (Å²) >= 11 is 0. The maximum atomic E-state index is 13.7. The van der Waals surface area contributed by atoms with Gasteiger partial charge in [-0.15, -0.1) is 5.10 Å². The molecule has 3 aromatic rings. The standard InChI is InChI=1S/C23H22F3N3O7/c24-13-6-12(7-14(25)17(13)26)15-8-29(28-27-15)18-19(31)16(9-30)36-21(20(18)32)22(23(33)34)35-10-11-4-2-1-3-5-11/h1-8,16,18-22,30-32H,9-10H2,(H,33,34)/t16?,18?,19-,20?,21?,22-/m0/s1. The Balaban J connectivity index is 1.62. The van der Waals surface area contributed by atoms with Gasteiger partial charge in [0.2, 0.25) is 0 Å². The number of ether oxygens (including phenoxy) is 2. The van der Waals surface area contributed by atoms with Crippen LogP contribution in [0.2, 0.25) is 0 Å². The third-order valence-electron chi connectivity index (χ3n) is 5.84. The van der Waals surface area contributed by atoms with Crippen LogP contribution >= 0.6 is 0 Å². The smallest absolute Gasteiger partial charge is 0.335 e. The number of halogens is 3. The van der Waals surface area contributed by atoms with Crippen molar-refractivity contribution in [3.05, 3.63) is 71.7 Å². The quantitative estimate of drug-likeness (QED) is 0.327. The van der Waals surface area contributed by atoms with Crippen molar-refractivity contribution in [2.75, 3.05) is 6.61 Å². The van der Waals surface area contributed by atoms with Gasteiger partial charge >= 0.3 is 5.97 Å². The molecule has 4 unspecified atom stereocenters. The molecule has 0 amide bonds. The first-order valence-electron chi connectivity index (χ1n) is 10.8. The van der Waals surface area contributed by atoms with Gasteiger partial charge in [-0.3, -0.25) is 0 Å². The summed E-state index contributed by atoms with van der Waals surface area (Å²) in [6.07, 6.45) is -6.77. The fourth-order valence-electron chi connectivity index (χ4n) is 4.02. The Morgan fingerprint density at radius 2 is 1.78 bits per heavy atom. The van der Waals surface area contributed by atoms with E-state index in [1.807, 2.05) is 0 Å². The molecule has 36 heavy (non-hydrogen) atoms. The largest absolute Gasteiger partial charge is 0.479 e. The highest BCUT2D eigenvalue weighted by Gasteiger charge is 2.50. The zero-order valence-electron chi connectivity index (χ0n) is 18.5. The lowest BCUT2D eigenvalue weighted by Gasteiger charge is -2.43. The minimum atomic E-state index is -1.73. The number of carboxylic acid groups (broad SMARTS) is 1. The SMILES string of the molecule is O=C(O)[C@@H](OCc1ccccc1)C1OC(CO)[C@H](O)C(n2cc(-c3cc(F)c(F)c(F)c3)nn2)C1O. The third-order valence-corrected chi connectivity index (χ3v) is 5.84. The van der Waals surface area contributed by atoms with Gasteiger partial charge in [0.05, 0.1) is 19.4 Å². The van der Waals surface area contributed by atoms with E-state index in [2.05, 4.69) is 10.3 Å². The molecule has 6 atom stereocenters. The summed E-state index contributed by atoms with van der Waals surface area (Å²) < 4.78 is 52.6. The number of benzene rings is 2. The zero-order chi connectivity index (χ0) is 26.0. The van der Waals surface area contributed by atoms with E-state index in [-0.39, 0.29) is 17.9 Å². The van der Waals surface area contributed by atoms with Crippen LogP contribution in [0.25, 0.3) is 11.3 Å². The van der Waals surface area contributed by atoms with Crippen LogP contribution in [0.3, 0.4) is 0 Å². The van der Waals surface area contributed by atoms with Gasteiger partial charge in [0.1, 0.15) is 36.2 Å². The van der Waals surface area contributed by atoms with Crippen molar-refractivity contribution in [2.45, 2.75) is 43.2 Å². The number of rotatable bonds is 8. The molecular formula is C23H22F3N3O7. The Morgan fingerprint density at radius 3 is 2.39 bits per heavy atom. The van der Waals surface area contributed by atoms with Gasteiger partial charge in [0.15, 0.2) is 23.6 Å². The van der Waals surface area contributed by atoms with Crippen molar-refractivity contribution in [2.24, 2.45) is 0 Å². The lowest BCUT2D eigenvalue weighted by molar-refractivity contribution is -0.238.